The minimum Gasteiger partial charge on any atom is -0.338 e. The van der Waals surface area contributed by atoms with E-state index in [2.05, 4.69) is 10.1 Å². The SMILES string of the molecule is CC(C)c1noc(CS(=O)(=O)C23CC4CC(CC(C4)C2)C3)n1. The van der Waals surface area contributed by atoms with Crippen molar-refractivity contribution in [3.05, 3.63) is 11.7 Å². The van der Waals surface area contributed by atoms with Crippen molar-refractivity contribution in [3.63, 3.8) is 0 Å². The van der Waals surface area contributed by atoms with Gasteiger partial charge in [0.05, 0.1) is 4.75 Å². The minimum absolute atomic E-state index is 0.0844. The Labute approximate surface area is 131 Å². The fourth-order valence-corrected chi connectivity index (χ4v) is 7.51. The van der Waals surface area contributed by atoms with E-state index in [1.165, 1.54) is 19.3 Å². The molecule has 122 valence electrons. The second-order valence-electron chi connectivity index (χ2n) is 8.06. The van der Waals surface area contributed by atoms with Gasteiger partial charge < -0.3 is 4.52 Å². The highest BCUT2D eigenvalue weighted by Crippen LogP contribution is 2.59. The van der Waals surface area contributed by atoms with Crippen molar-refractivity contribution >= 4 is 9.84 Å². The molecular weight excluding hydrogens is 300 g/mol. The molecule has 0 saturated heterocycles. The number of hydrogen-bond acceptors (Lipinski definition) is 5. The maximum absolute atomic E-state index is 13.1. The van der Waals surface area contributed by atoms with E-state index in [9.17, 15) is 8.42 Å². The van der Waals surface area contributed by atoms with Crippen molar-refractivity contribution in [1.82, 2.24) is 10.1 Å². The molecular formula is C16H24N2O3S. The second-order valence-corrected chi connectivity index (χ2v) is 10.4. The molecule has 0 unspecified atom stereocenters. The highest BCUT2D eigenvalue weighted by molar-refractivity contribution is 7.92. The first-order valence-electron chi connectivity index (χ1n) is 8.42. The third kappa shape index (κ3) is 2.22. The van der Waals surface area contributed by atoms with Crippen LogP contribution in [0, 0.1) is 17.8 Å². The summed E-state index contributed by atoms with van der Waals surface area (Å²) >= 11 is 0. The Hall–Kier alpha value is -0.910. The predicted molar refractivity (Wildman–Crippen MR) is 81.9 cm³/mol. The average Bonchev–Trinajstić information content (AvgIpc) is 2.85. The third-order valence-electron chi connectivity index (χ3n) is 5.96. The quantitative estimate of drug-likeness (QED) is 0.851. The van der Waals surface area contributed by atoms with Gasteiger partial charge in [0.1, 0.15) is 5.75 Å². The Morgan fingerprint density at radius 2 is 1.68 bits per heavy atom. The Bertz CT molecular complexity index is 642. The molecule has 0 radical (unpaired) electrons. The molecule has 4 saturated carbocycles. The van der Waals surface area contributed by atoms with Crippen molar-refractivity contribution in [2.45, 2.75) is 68.8 Å². The number of hydrogen-bond donors (Lipinski definition) is 0. The van der Waals surface area contributed by atoms with E-state index in [4.69, 9.17) is 4.52 Å². The number of aromatic nitrogens is 2. The van der Waals surface area contributed by atoms with E-state index in [1.54, 1.807) is 0 Å². The van der Waals surface area contributed by atoms with Gasteiger partial charge in [-0.3, -0.25) is 0 Å². The lowest BCUT2D eigenvalue weighted by molar-refractivity contribution is 0.0337. The topological polar surface area (TPSA) is 73.1 Å². The van der Waals surface area contributed by atoms with Crippen LogP contribution in [0.15, 0.2) is 4.52 Å². The molecule has 1 heterocycles. The molecule has 4 aliphatic carbocycles. The molecule has 0 N–H and O–H groups in total. The molecule has 0 amide bonds. The van der Waals surface area contributed by atoms with Crippen molar-refractivity contribution in [1.29, 1.82) is 0 Å². The number of sulfone groups is 1. The maximum Gasteiger partial charge on any atom is 0.241 e. The summed E-state index contributed by atoms with van der Waals surface area (Å²) in [6.45, 7) is 3.95. The van der Waals surface area contributed by atoms with Crippen LogP contribution in [-0.4, -0.2) is 23.3 Å². The van der Waals surface area contributed by atoms with Gasteiger partial charge in [0.25, 0.3) is 0 Å². The number of rotatable bonds is 4. The summed E-state index contributed by atoms with van der Waals surface area (Å²) in [5, 5.41) is 3.90. The summed E-state index contributed by atoms with van der Waals surface area (Å²) in [6.07, 6.45) is 6.29. The van der Waals surface area contributed by atoms with Crippen LogP contribution in [0.4, 0.5) is 0 Å². The minimum atomic E-state index is -3.24. The van der Waals surface area contributed by atoms with Crippen LogP contribution >= 0.6 is 0 Å². The van der Waals surface area contributed by atoms with Gasteiger partial charge in [0.15, 0.2) is 15.7 Å². The first-order valence-corrected chi connectivity index (χ1v) is 10.1. The molecule has 5 rings (SSSR count). The molecule has 0 atom stereocenters. The van der Waals surface area contributed by atoms with Crippen LogP contribution in [0.5, 0.6) is 0 Å². The third-order valence-corrected chi connectivity index (χ3v) is 8.40. The lowest BCUT2D eigenvalue weighted by Crippen LogP contribution is -2.55. The summed E-state index contributed by atoms with van der Waals surface area (Å²) in [5.74, 6) is 2.79. The normalized spacial score (nSPS) is 37.1. The van der Waals surface area contributed by atoms with Crippen molar-refractivity contribution in [2.75, 3.05) is 0 Å². The molecule has 1 aromatic heterocycles. The lowest BCUT2D eigenvalue weighted by atomic mass is 9.56. The Balaban J connectivity index is 1.60. The molecule has 0 aromatic carbocycles. The van der Waals surface area contributed by atoms with E-state index in [0.29, 0.717) is 23.6 Å². The first-order chi connectivity index (χ1) is 10.4. The van der Waals surface area contributed by atoms with Gasteiger partial charge in [-0.1, -0.05) is 19.0 Å². The zero-order valence-electron chi connectivity index (χ0n) is 13.3. The highest BCUT2D eigenvalue weighted by Gasteiger charge is 2.57. The molecule has 0 spiro atoms. The highest BCUT2D eigenvalue weighted by atomic mass is 32.2. The summed E-state index contributed by atoms with van der Waals surface area (Å²) in [4.78, 5) is 4.27. The zero-order valence-corrected chi connectivity index (χ0v) is 14.1. The molecule has 4 fully saturated rings. The van der Waals surface area contributed by atoms with Gasteiger partial charge in [-0.2, -0.15) is 4.98 Å². The first kappa shape index (κ1) is 14.7. The molecule has 22 heavy (non-hydrogen) atoms. The Morgan fingerprint density at radius 1 is 1.14 bits per heavy atom. The Kier molecular flexibility index (Phi) is 3.19. The number of nitrogens with zero attached hydrogens (tertiary/aromatic N) is 2. The van der Waals surface area contributed by atoms with E-state index in [-0.39, 0.29) is 17.6 Å². The molecule has 6 heteroatoms. The van der Waals surface area contributed by atoms with Crippen LogP contribution in [0.1, 0.15) is 70.0 Å². The van der Waals surface area contributed by atoms with Crippen LogP contribution < -0.4 is 0 Å². The van der Waals surface area contributed by atoms with E-state index in [0.717, 1.165) is 19.3 Å². The summed E-state index contributed by atoms with van der Waals surface area (Å²) in [5.41, 5.74) is 0. The standard InChI is InChI=1S/C16H24N2O3S/c1-10(2)15-17-14(21-18-15)9-22(19,20)16-6-11-3-12(7-16)5-13(4-11)8-16/h10-13H,3-9H2,1-2H3. The summed E-state index contributed by atoms with van der Waals surface area (Å²) < 4.78 is 30.9. The smallest absolute Gasteiger partial charge is 0.241 e. The van der Waals surface area contributed by atoms with Gasteiger partial charge in [-0.15, -0.1) is 0 Å². The second kappa shape index (κ2) is 4.79. The molecule has 1 aromatic rings. The largest absolute Gasteiger partial charge is 0.338 e. The molecule has 4 bridgehead atoms. The fourth-order valence-electron chi connectivity index (χ4n) is 5.29. The average molecular weight is 324 g/mol. The monoisotopic (exact) mass is 324 g/mol. The van der Waals surface area contributed by atoms with Crippen molar-refractivity contribution < 1.29 is 12.9 Å². The van der Waals surface area contributed by atoms with Gasteiger partial charge >= 0.3 is 0 Å². The van der Waals surface area contributed by atoms with E-state index >= 15 is 0 Å². The van der Waals surface area contributed by atoms with Gasteiger partial charge in [-0.05, 0) is 56.3 Å². The van der Waals surface area contributed by atoms with Gasteiger partial charge in [0, 0.05) is 5.92 Å². The van der Waals surface area contributed by atoms with Gasteiger partial charge in [-0.25, -0.2) is 8.42 Å². The zero-order chi connectivity index (χ0) is 15.5. The van der Waals surface area contributed by atoms with Crippen molar-refractivity contribution in [3.8, 4) is 0 Å². The molecule has 4 aliphatic rings. The van der Waals surface area contributed by atoms with E-state index < -0.39 is 14.6 Å². The predicted octanol–water partition coefficient (Wildman–Crippen LogP) is 3.08. The Morgan fingerprint density at radius 3 is 2.14 bits per heavy atom. The lowest BCUT2D eigenvalue weighted by Gasteiger charge is -2.55. The molecule has 5 nitrogen and oxygen atoms in total. The van der Waals surface area contributed by atoms with Crippen LogP contribution in [0.2, 0.25) is 0 Å². The molecule has 0 aliphatic heterocycles. The maximum atomic E-state index is 13.1. The van der Waals surface area contributed by atoms with Crippen molar-refractivity contribution in [2.24, 2.45) is 17.8 Å². The summed E-state index contributed by atoms with van der Waals surface area (Å²) in [7, 11) is -3.24. The fraction of sp³-hybridized carbons (Fsp3) is 0.875. The van der Waals surface area contributed by atoms with Crippen LogP contribution in [-0.2, 0) is 15.6 Å². The van der Waals surface area contributed by atoms with E-state index in [1.807, 2.05) is 13.8 Å². The van der Waals surface area contributed by atoms with Gasteiger partial charge in [0.2, 0.25) is 5.89 Å². The summed E-state index contributed by atoms with van der Waals surface area (Å²) in [6, 6.07) is 0. The van der Waals surface area contributed by atoms with Crippen LogP contribution in [0.25, 0.3) is 0 Å². The van der Waals surface area contributed by atoms with Crippen LogP contribution in [0.3, 0.4) is 0 Å².